The maximum atomic E-state index is 6.60. The molecule has 0 saturated carbocycles. The molecule has 0 radical (unpaired) electrons. The lowest BCUT2D eigenvalue weighted by Gasteiger charge is -2.29. The van der Waals surface area contributed by atoms with Gasteiger partial charge in [0.15, 0.2) is 0 Å². The molecule has 5 heterocycles. The van der Waals surface area contributed by atoms with Gasteiger partial charge in [-0.1, -0.05) is 133 Å². The average Bonchev–Trinajstić information content (AvgIpc) is 4.55. The first-order chi connectivity index (χ1) is 40.0. The van der Waals surface area contributed by atoms with Gasteiger partial charge >= 0.3 is 0 Å². The minimum absolute atomic E-state index is 0.0965. The summed E-state index contributed by atoms with van der Waals surface area (Å²) in [4.78, 5) is 2.28. The molecule has 0 saturated heterocycles. The number of allylic oxidation sites excluding steroid dienone is 2. The molecule has 382 valence electrons. The first-order valence-corrected chi connectivity index (χ1v) is 28.1. The number of benzene rings is 11. The van der Waals surface area contributed by atoms with Gasteiger partial charge in [0, 0.05) is 60.5 Å². The number of aromatic nitrogens is 3. The lowest BCUT2D eigenvalue weighted by molar-refractivity contribution is 0.229. The summed E-state index contributed by atoms with van der Waals surface area (Å²) in [5, 5.41) is 6.81. The molecule has 4 aromatic heterocycles. The fraction of sp³-hybridized carbons (Fsp3) is 0.0411. The molecule has 1 aliphatic heterocycles. The summed E-state index contributed by atoms with van der Waals surface area (Å²) in [7, 11) is 0. The fourth-order valence-electron chi connectivity index (χ4n) is 12.8. The van der Waals surface area contributed by atoms with Gasteiger partial charge in [0.2, 0.25) is 0 Å². The number of anilines is 3. The predicted molar refractivity (Wildman–Crippen MR) is 333 cm³/mol. The molecule has 11 aromatic carbocycles. The molecule has 2 unspecified atom stereocenters. The Morgan fingerprint density at radius 1 is 0.457 bits per heavy atom. The second-order valence-electron chi connectivity index (χ2n) is 21.5. The number of hydrogen-bond donors (Lipinski definition) is 0. The molecule has 17 rings (SSSR count). The fourth-order valence-corrected chi connectivity index (χ4v) is 13.4. The minimum atomic E-state index is -0.225. The smallest absolute Gasteiger partial charge is 0.136 e. The van der Waals surface area contributed by atoms with E-state index >= 15 is 0 Å². The van der Waals surface area contributed by atoms with Crippen molar-refractivity contribution in [3.63, 3.8) is 0 Å². The third-order valence-corrected chi connectivity index (χ3v) is 17.5. The molecule has 15 aromatic rings. The molecule has 0 fully saturated rings. The quantitative estimate of drug-likeness (QED) is 0.151. The van der Waals surface area contributed by atoms with Crippen LogP contribution >= 0.6 is 11.7 Å². The highest BCUT2D eigenvalue weighted by atomic mass is 32.1. The Kier molecular flexibility index (Phi) is 9.94. The Hall–Kier alpha value is -10.3. The highest BCUT2D eigenvalue weighted by molar-refractivity contribution is 7.00. The molecule has 2 atom stereocenters. The van der Waals surface area contributed by atoms with Crippen LogP contribution in [0.3, 0.4) is 0 Å². The average molecular weight is 1060 g/mol. The van der Waals surface area contributed by atoms with Crippen LogP contribution in [-0.2, 0) is 5.41 Å². The normalized spacial score (nSPS) is 15.8. The van der Waals surface area contributed by atoms with Gasteiger partial charge in [-0.2, -0.15) is 8.75 Å². The zero-order chi connectivity index (χ0) is 53.3. The van der Waals surface area contributed by atoms with Gasteiger partial charge in [-0.25, -0.2) is 0 Å². The van der Waals surface area contributed by atoms with Crippen molar-refractivity contribution < 1.29 is 13.6 Å². The summed E-state index contributed by atoms with van der Waals surface area (Å²) in [6.45, 7) is 2.28. The van der Waals surface area contributed by atoms with E-state index in [4.69, 9.17) is 22.3 Å². The zero-order valence-corrected chi connectivity index (χ0v) is 44.6. The van der Waals surface area contributed by atoms with Crippen molar-refractivity contribution in [2.24, 2.45) is 0 Å². The number of nitrogens with zero attached hydrogens (tertiary/aromatic N) is 4. The molecular weight excluding hydrogens is 1010 g/mol. The molecule has 0 spiro atoms. The SMILES string of the molecule is CC12C=CC(c3ccc4c(c3)c3cc(-c5ccc6c(c5)oc5ccccc56)ccc3n4-c3ccc(-c4ccc(N(c5ccccc5)c5ccc(-c6ccc7oc8ccccc8c7c6)cc5)c5nsnc45)cc3)=CC1Oc1ccccc12. The van der Waals surface area contributed by atoms with Gasteiger partial charge < -0.3 is 23.0 Å². The summed E-state index contributed by atoms with van der Waals surface area (Å²) in [6, 6.07) is 84.2. The van der Waals surface area contributed by atoms with Gasteiger partial charge in [0.1, 0.15) is 45.2 Å². The van der Waals surface area contributed by atoms with E-state index in [1.165, 1.54) is 28.1 Å². The highest BCUT2D eigenvalue weighted by Crippen LogP contribution is 2.49. The van der Waals surface area contributed by atoms with Crippen LogP contribution in [0, 0.1) is 0 Å². The van der Waals surface area contributed by atoms with E-state index in [1.807, 2.05) is 24.3 Å². The van der Waals surface area contributed by atoms with Crippen molar-refractivity contribution in [3.05, 3.63) is 266 Å². The van der Waals surface area contributed by atoms with Gasteiger partial charge in [0.05, 0.1) is 33.9 Å². The molecule has 81 heavy (non-hydrogen) atoms. The highest BCUT2D eigenvalue weighted by Gasteiger charge is 2.44. The standard InChI is InChI=1S/C73H46N4O3S/c1-73-38-37-50(43-70(73)80-68-18-10-7-15-61(68)73)48-25-34-63-59(40-48)58-39-47(49-23-31-57-55-13-5-8-16-65(55)79-69(57)42-49)24-33-62(58)77(63)53-29-21-45(22-30-53)54-32-35-64(72-71(54)74-81-75-72)76(51-11-3-2-4-12-51)52-27-19-44(20-28-52)46-26-36-67-60(41-46)56-14-6-9-17-66(56)78-67/h2-43,70H,1H3. The van der Waals surface area contributed by atoms with Crippen molar-refractivity contribution in [1.29, 1.82) is 0 Å². The van der Waals surface area contributed by atoms with E-state index in [-0.39, 0.29) is 11.5 Å². The van der Waals surface area contributed by atoms with Gasteiger partial charge in [0.25, 0.3) is 0 Å². The van der Waals surface area contributed by atoms with Crippen molar-refractivity contribution in [1.82, 2.24) is 13.3 Å². The Balaban J connectivity index is 0.741. The minimum Gasteiger partial charge on any atom is -0.485 e. The second-order valence-corrected chi connectivity index (χ2v) is 22.1. The third kappa shape index (κ3) is 7.13. The van der Waals surface area contributed by atoms with E-state index in [0.717, 1.165) is 139 Å². The van der Waals surface area contributed by atoms with E-state index in [2.05, 4.69) is 247 Å². The Morgan fingerprint density at radius 2 is 1.04 bits per heavy atom. The zero-order valence-electron chi connectivity index (χ0n) is 43.7. The molecule has 0 amide bonds. The van der Waals surface area contributed by atoms with Crippen LogP contribution in [-0.4, -0.2) is 19.4 Å². The molecule has 1 aliphatic carbocycles. The number of ether oxygens (including phenoxy) is 1. The summed E-state index contributed by atoms with van der Waals surface area (Å²) in [5.74, 6) is 0.956. The van der Waals surface area contributed by atoms with Crippen LogP contribution < -0.4 is 9.64 Å². The lowest BCUT2D eigenvalue weighted by atomic mass is 9.75. The molecule has 8 heteroatoms. The molecule has 2 aliphatic rings. The predicted octanol–water partition coefficient (Wildman–Crippen LogP) is 19.7. The first kappa shape index (κ1) is 45.7. The van der Waals surface area contributed by atoms with Crippen molar-refractivity contribution in [2.45, 2.75) is 18.4 Å². The Labute approximate surface area is 469 Å². The van der Waals surface area contributed by atoms with Gasteiger partial charge in [-0.05, 0) is 167 Å². The van der Waals surface area contributed by atoms with Crippen LogP contribution in [0.4, 0.5) is 17.1 Å². The number of furan rings is 2. The Bertz CT molecular complexity index is 5120. The number of fused-ring (bicyclic) bond motifs is 13. The largest absolute Gasteiger partial charge is 0.485 e. The monoisotopic (exact) mass is 1060 g/mol. The number of para-hydroxylation sites is 4. The number of rotatable bonds is 8. The first-order valence-electron chi connectivity index (χ1n) is 27.4. The molecular formula is C73H46N4O3S. The van der Waals surface area contributed by atoms with Crippen molar-refractivity contribution in [3.8, 4) is 44.8 Å². The lowest BCUT2D eigenvalue weighted by Crippen LogP contribution is -2.33. The number of hydrogen-bond acceptors (Lipinski definition) is 7. The molecule has 0 N–H and O–H groups in total. The molecule has 7 nitrogen and oxygen atoms in total. The topological polar surface area (TPSA) is 69.5 Å². The maximum absolute atomic E-state index is 6.60. The van der Waals surface area contributed by atoms with E-state index in [9.17, 15) is 0 Å². The summed E-state index contributed by atoms with van der Waals surface area (Å²) >= 11 is 1.24. The third-order valence-electron chi connectivity index (χ3n) is 17.0. The van der Waals surface area contributed by atoms with Gasteiger partial charge in [-0.15, -0.1) is 0 Å². The second kappa shape index (κ2) is 17.6. The van der Waals surface area contributed by atoms with E-state index < -0.39 is 0 Å². The maximum Gasteiger partial charge on any atom is 0.136 e. The Morgan fingerprint density at radius 3 is 1.85 bits per heavy atom. The van der Waals surface area contributed by atoms with E-state index in [0.29, 0.717) is 0 Å². The van der Waals surface area contributed by atoms with Crippen LogP contribution in [0.15, 0.2) is 264 Å². The van der Waals surface area contributed by atoms with Crippen LogP contribution in [0.25, 0.3) is 121 Å². The van der Waals surface area contributed by atoms with Crippen molar-refractivity contribution >= 4 is 111 Å². The van der Waals surface area contributed by atoms with Crippen LogP contribution in [0.1, 0.15) is 18.1 Å². The van der Waals surface area contributed by atoms with Crippen LogP contribution in [0.5, 0.6) is 5.75 Å². The van der Waals surface area contributed by atoms with Crippen molar-refractivity contribution in [2.75, 3.05) is 4.90 Å². The van der Waals surface area contributed by atoms with Gasteiger partial charge in [-0.3, -0.25) is 0 Å². The summed E-state index contributed by atoms with van der Waals surface area (Å²) in [6.07, 6.45) is 6.81. The van der Waals surface area contributed by atoms with E-state index in [1.54, 1.807) is 0 Å². The molecule has 0 bridgehead atoms. The summed E-state index contributed by atoms with van der Waals surface area (Å²) in [5.41, 5.74) is 21.5. The summed E-state index contributed by atoms with van der Waals surface area (Å²) < 4.78 is 31.5. The van der Waals surface area contributed by atoms with Crippen LogP contribution in [0.2, 0.25) is 0 Å².